The largest absolute Gasteiger partial charge is 0.481 e. The Morgan fingerprint density at radius 1 is 1.21 bits per heavy atom. The van der Waals surface area contributed by atoms with Crippen molar-refractivity contribution in [3.8, 4) is 0 Å². The second kappa shape index (κ2) is 8.91. The van der Waals surface area contributed by atoms with Crippen LogP contribution in [0.15, 0.2) is 0 Å². The lowest BCUT2D eigenvalue weighted by molar-refractivity contribution is -0.137. The van der Waals surface area contributed by atoms with Crippen molar-refractivity contribution in [3.05, 3.63) is 0 Å². The van der Waals surface area contributed by atoms with Gasteiger partial charge in [0.25, 0.3) is 0 Å². The maximum Gasteiger partial charge on any atom is 0.305 e. The summed E-state index contributed by atoms with van der Waals surface area (Å²) in [6.45, 7) is 8.00. The monoisotopic (exact) mass is 272 g/mol. The molecule has 1 amide bonds. The Morgan fingerprint density at radius 2 is 1.79 bits per heavy atom. The molecule has 0 aliphatic heterocycles. The van der Waals surface area contributed by atoms with E-state index in [1.54, 1.807) is 0 Å². The standard InChI is InChI=1S/C14H28N2O3/c1-5-9(3)7-11(8-12(17)18)16-14(19)13(15)10(4)6-2/h9-11,13H,5-8,15H2,1-4H3,(H,16,19)(H,17,18)/t9-,10?,11+,13+/m1/s1. The van der Waals surface area contributed by atoms with Gasteiger partial charge >= 0.3 is 5.97 Å². The van der Waals surface area contributed by atoms with Crippen LogP contribution in [0.1, 0.15) is 53.4 Å². The highest BCUT2D eigenvalue weighted by molar-refractivity contribution is 5.82. The van der Waals surface area contributed by atoms with E-state index < -0.39 is 12.0 Å². The van der Waals surface area contributed by atoms with Gasteiger partial charge in [-0.1, -0.05) is 40.5 Å². The van der Waals surface area contributed by atoms with Crippen molar-refractivity contribution in [3.63, 3.8) is 0 Å². The molecule has 0 saturated carbocycles. The highest BCUT2D eigenvalue weighted by atomic mass is 16.4. The molecule has 5 heteroatoms. The first-order valence-electron chi connectivity index (χ1n) is 7.09. The summed E-state index contributed by atoms with van der Waals surface area (Å²) >= 11 is 0. The number of hydrogen-bond donors (Lipinski definition) is 3. The van der Waals surface area contributed by atoms with Gasteiger partial charge in [0.05, 0.1) is 12.5 Å². The van der Waals surface area contributed by atoms with Crippen LogP contribution >= 0.6 is 0 Å². The molecule has 0 heterocycles. The zero-order chi connectivity index (χ0) is 15.0. The number of carbonyl (C=O) groups excluding carboxylic acids is 1. The normalized spacial score (nSPS) is 17.3. The third-order valence-corrected chi connectivity index (χ3v) is 3.71. The fraction of sp³-hybridized carbons (Fsp3) is 0.857. The van der Waals surface area contributed by atoms with Gasteiger partial charge in [0.2, 0.25) is 5.91 Å². The van der Waals surface area contributed by atoms with Gasteiger partial charge in [-0.25, -0.2) is 0 Å². The first kappa shape index (κ1) is 17.9. The van der Waals surface area contributed by atoms with E-state index in [0.717, 1.165) is 12.8 Å². The minimum Gasteiger partial charge on any atom is -0.481 e. The lowest BCUT2D eigenvalue weighted by Crippen LogP contribution is -2.49. The summed E-state index contributed by atoms with van der Waals surface area (Å²) in [7, 11) is 0. The van der Waals surface area contributed by atoms with E-state index in [-0.39, 0.29) is 24.3 Å². The molecule has 112 valence electrons. The maximum absolute atomic E-state index is 12.0. The van der Waals surface area contributed by atoms with Crippen LogP contribution in [-0.2, 0) is 9.59 Å². The summed E-state index contributed by atoms with van der Waals surface area (Å²) in [5.74, 6) is -0.673. The molecule has 0 radical (unpaired) electrons. The number of rotatable bonds is 9. The molecule has 4 N–H and O–H groups in total. The number of amides is 1. The van der Waals surface area contributed by atoms with Crippen LogP contribution in [0.3, 0.4) is 0 Å². The molecule has 0 fully saturated rings. The first-order valence-corrected chi connectivity index (χ1v) is 7.09. The van der Waals surface area contributed by atoms with Gasteiger partial charge in [0, 0.05) is 6.04 Å². The molecule has 5 nitrogen and oxygen atoms in total. The smallest absolute Gasteiger partial charge is 0.305 e. The maximum atomic E-state index is 12.0. The second-order valence-corrected chi connectivity index (χ2v) is 5.46. The van der Waals surface area contributed by atoms with Gasteiger partial charge in [0.15, 0.2) is 0 Å². The summed E-state index contributed by atoms with van der Waals surface area (Å²) in [6.07, 6.45) is 2.40. The van der Waals surface area contributed by atoms with Crippen molar-refractivity contribution in [1.29, 1.82) is 0 Å². The summed E-state index contributed by atoms with van der Waals surface area (Å²) in [5.41, 5.74) is 5.85. The Labute approximate surface area is 115 Å². The Balaban J connectivity index is 4.53. The molecule has 0 aliphatic rings. The number of nitrogens with two attached hydrogens (primary N) is 1. The van der Waals surface area contributed by atoms with Crippen LogP contribution in [0.4, 0.5) is 0 Å². The molecule has 0 rings (SSSR count). The van der Waals surface area contributed by atoms with Crippen LogP contribution in [0.2, 0.25) is 0 Å². The number of carboxylic acid groups (broad SMARTS) is 1. The Hall–Kier alpha value is -1.10. The van der Waals surface area contributed by atoms with E-state index in [4.69, 9.17) is 10.8 Å². The van der Waals surface area contributed by atoms with Gasteiger partial charge in [-0.15, -0.1) is 0 Å². The molecule has 0 bridgehead atoms. The number of aliphatic carboxylic acids is 1. The van der Waals surface area contributed by atoms with Crippen LogP contribution in [0.25, 0.3) is 0 Å². The Bertz CT molecular complexity index is 294. The van der Waals surface area contributed by atoms with Gasteiger partial charge in [-0.3, -0.25) is 9.59 Å². The molecule has 0 saturated heterocycles. The van der Waals surface area contributed by atoms with Gasteiger partial charge < -0.3 is 16.2 Å². The van der Waals surface area contributed by atoms with Gasteiger partial charge in [-0.05, 0) is 18.3 Å². The van der Waals surface area contributed by atoms with E-state index in [2.05, 4.69) is 19.2 Å². The van der Waals surface area contributed by atoms with Crippen molar-refractivity contribution < 1.29 is 14.7 Å². The third-order valence-electron chi connectivity index (χ3n) is 3.71. The third kappa shape index (κ3) is 7.15. The van der Waals surface area contributed by atoms with E-state index in [1.807, 2.05) is 13.8 Å². The summed E-state index contributed by atoms with van der Waals surface area (Å²) in [5, 5.41) is 11.7. The number of carbonyl (C=O) groups is 2. The van der Waals surface area contributed by atoms with E-state index in [9.17, 15) is 9.59 Å². The van der Waals surface area contributed by atoms with Crippen LogP contribution in [-0.4, -0.2) is 29.1 Å². The summed E-state index contributed by atoms with van der Waals surface area (Å²) < 4.78 is 0. The van der Waals surface area contributed by atoms with Crippen molar-refractivity contribution in [2.45, 2.75) is 65.5 Å². The lowest BCUT2D eigenvalue weighted by Gasteiger charge is -2.24. The lowest BCUT2D eigenvalue weighted by atomic mass is 9.95. The highest BCUT2D eigenvalue weighted by Crippen LogP contribution is 2.13. The van der Waals surface area contributed by atoms with Crippen molar-refractivity contribution in [2.75, 3.05) is 0 Å². The molecule has 0 aliphatic carbocycles. The Morgan fingerprint density at radius 3 is 2.21 bits per heavy atom. The average Bonchev–Trinajstić information content (AvgIpc) is 2.35. The molecular formula is C14H28N2O3. The summed E-state index contributed by atoms with van der Waals surface area (Å²) in [6, 6.07) is -0.909. The quantitative estimate of drug-likeness (QED) is 0.596. The number of carboxylic acids is 1. The first-order chi connectivity index (χ1) is 8.81. The zero-order valence-electron chi connectivity index (χ0n) is 12.5. The fourth-order valence-electron chi connectivity index (χ4n) is 1.87. The minimum atomic E-state index is -0.897. The average molecular weight is 272 g/mol. The molecule has 4 atom stereocenters. The van der Waals surface area contributed by atoms with Crippen LogP contribution in [0, 0.1) is 11.8 Å². The second-order valence-electron chi connectivity index (χ2n) is 5.46. The van der Waals surface area contributed by atoms with Crippen LogP contribution in [0.5, 0.6) is 0 Å². The van der Waals surface area contributed by atoms with Gasteiger partial charge in [0.1, 0.15) is 0 Å². The zero-order valence-corrected chi connectivity index (χ0v) is 12.5. The number of hydrogen-bond acceptors (Lipinski definition) is 3. The molecule has 0 aromatic heterocycles. The predicted octanol–water partition coefficient (Wildman–Crippen LogP) is 1.76. The highest BCUT2D eigenvalue weighted by Gasteiger charge is 2.24. The minimum absolute atomic E-state index is 0.0523. The molecular weight excluding hydrogens is 244 g/mol. The van der Waals surface area contributed by atoms with E-state index in [1.165, 1.54) is 0 Å². The van der Waals surface area contributed by atoms with E-state index in [0.29, 0.717) is 12.3 Å². The fourth-order valence-corrected chi connectivity index (χ4v) is 1.87. The van der Waals surface area contributed by atoms with Crippen molar-refractivity contribution >= 4 is 11.9 Å². The van der Waals surface area contributed by atoms with Gasteiger partial charge in [-0.2, -0.15) is 0 Å². The van der Waals surface area contributed by atoms with E-state index >= 15 is 0 Å². The predicted molar refractivity (Wildman–Crippen MR) is 75.7 cm³/mol. The molecule has 0 aromatic rings. The Kier molecular flexibility index (Phi) is 8.39. The van der Waals surface area contributed by atoms with Crippen molar-refractivity contribution in [2.24, 2.45) is 17.6 Å². The molecule has 0 aromatic carbocycles. The summed E-state index contributed by atoms with van der Waals surface area (Å²) in [4.78, 5) is 22.8. The SMILES string of the molecule is CCC(C)[C@H](N)C(=O)N[C@H](CC(=O)O)C[C@H](C)CC. The number of nitrogens with one attached hydrogen (secondary N) is 1. The van der Waals surface area contributed by atoms with Crippen molar-refractivity contribution in [1.82, 2.24) is 5.32 Å². The molecule has 0 spiro atoms. The molecule has 1 unspecified atom stereocenters. The van der Waals surface area contributed by atoms with Crippen LogP contribution < -0.4 is 11.1 Å². The molecule has 19 heavy (non-hydrogen) atoms. The topological polar surface area (TPSA) is 92.4 Å².